The molecule has 0 radical (unpaired) electrons. The van der Waals surface area contributed by atoms with E-state index in [2.05, 4.69) is 5.32 Å². The summed E-state index contributed by atoms with van der Waals surface area (Å²) in [7, 11) is 0. The van der Waals surface area contributed by atoms with Crippen LogP contribution >= 0.6 is 56.9 Å². The molecular formula is C12H13I2NO4S. The van der Waals surface area contributed by atoms with E-state index in [1.54, 1.807) is 6.07 Å². The SMILES string of the molecule is CSCCC(NC(=O)c1cc(I)cc(I)c1O)C(=O)O. The zero-order valence-electron chi connectivity index (χ0n) is 10.5. The number of aromatic hydroxyl groups is 1. The van der Waals surface area contributed by atoms with Crippen molar-refractivity contribution in [1.82, 2.24) is 5.32 Å². The number of carbonyl (C=O) groups is 2. The third-order valence-electron chi connectivity index (χ3n) is 2.49. The summed E-state index contributed by atoms with van der Waals surface area (Å²) in [5.74, 6) is -1.15. The number of hydrogen-bond acceptors (Lipinski definition) is 4. The number of carbonyl (C=O) groups excluding carboxylic acids is 1. The summed E-state index contributed by atoms with van der Waals surface area (Å²) in [5.41, 5.74) is 0.0942. The molecule has 20 heavy (non-hydrogen) atoms. The summed E-state index contributed by atoms with van der Waals surface area (Å²) >= 11 is 5.47. The average molecular weight is 521 g/mol. The van der Waals surface area contributed by atoms with E-state index in [-0.39, 0.29) is 11.3 Å². The standard InChI is InChI=1S/C12H13I2NO4S/c1-20-3-2-9(12(18)19)15-11(17)7-4-6(13)5-8(14)10(7)16/h4-5,9,16H,2-3H2,1H3,(H,15,17)(H,18,19). The fraction of sp³-hybridized carbons (Fsp3) is 0.333. The lowest BCUT2D eigenvalue weighted by molar-refractivity contribution is -0.139. The Bertz CT molecular complexity index is 524. The van der Waals surface area contributed by atoms with Gasteiger partial charge in [0.1, 0.15) is 11.8 Å². The van der Waals surface area contributed by atoms with Crippen LogP contribution in [0.15, 0.2) is 12.1 Å². The molecule has 0 saturated heterocycles. The van der Waals surface area contributed by atoms with Crippen molar-refractivity contribution in [1.29, 1.82) is 0 Å². The minimum absolute atomic E-state index is 0.0942. The van der Waals surface area contributed by atoms with Crippen LogP contribution in [0.4, 0.5) is 0 Å². The summed E-state index contributed by atoms with van der Waals surface area (Å²) in [6.45, 7) is 0. The summed E-state index contributed by atoms with van der Waals surface area (Å²) in [5, 5.41) is 21.4. The maximum Gasteiger partial charge on any atom is 0.326 e. The first-order valence-electron chi connectivity index (χ1n) is 5.57. The molecule has 1 rings (SSSR count). The summed E-state index contributed by atoms with van der Waals surface area (Å²) in [6.07, 6.45) is 2.21. The molecule has 1 unspecified atom stereocenters. The van der Waals surface area contributed by atoms with Gasteiger partial charge in [-0.15, -0.1) is 0 Å². The molecular weight excluding hydrogens is 508 g/mol. The van der Waals surface area contributed by atoms with E-state index in [0.29, 0.717) is 15.7 Å². The molecule has 0 heterocycles. The topological polar surface area (TPSA) is 86.6 Å². The second-order valence-electron chi connectivity index (χ2n) is 3.93. The van der Waals surface area contributed by atoms with Gasteiger partial charge in [0.15, 0.2) is 0 Å². The van der Waals surface area contributed by atoms with Gasteiger partial charge in [0.2, 0.25) is 0 Å². The number of rotatable bonds is 6. The molecule has 110 valence electrons. The Hall–Kier alpha value is -0.230. The second kappa shape index (κ2) is 8.27. The molecule has 1 aromatic rings. The Morgan fingerprint density at radius 1 is 1.40 bits per heavy atom. The van der Waals surface area contributed by atoms with Gasteiger partial charge in [0, 0.05) is 3.57 Å². The highest BCUT2D eigenvalue weighted by atomic mass is 127. The minimum atomic E-state index is -1.08. The van der Waals surface area contributed by atoms with Crippen LogP contribution in [0.3, 0.4) is 0 Å². The third-order valence-corrected chi connectivity index (χ3v) is 4.58. The van der Waals surface area contributed by atoms with Crippen LogP contribution in [-0.2, 0) is 4.79 Å². The Morgan fingerprint density at radius 2 is 2.05 bits per heavy atom. The molecule has 0 spiro atoms. The molecule has 8 heteroatoms. The van der Waals surface area contributed by atoms with Crippen LogP contribution in [0.2, 0.25) is 0 Å². The highest BCUT2D eigenvalue weighted by Crippen LogP contribution is 2.27. The quantitative estimate of drug-likeness (QED) is 0.502. The Kier molecular flexibility index (Phi) is 7.37. The van der Waals surface area contributed by atoms with Crippen molar-refractivity contribution in [3.63, 3.8) is 0 Å². The molecule has 0 aliphatic carbocycles. The van der Waals surface area contributed by atoms with Gasteiger partial charge in [-0.2, -0.15) is 11.8 Å². The van der Waals surface area contributed by atoms with E-state index in [1.807, 2.05) is 51.4 Å². The van der Waals surface area contributed by atoms with E-state index >= 15 is 0 Å². The lowest BCUT2D eigenvalue weighted by Crippen LogP contribution is -2.41. The number of halogens is 2. The molecule has 3 N–H and O–H groups in total. The van der Waals surface area contributed by atoms with Crippen LogP contribution in [0, 0.1) is 7.14 Å². The second-order valence-corrected chi connectivity index (χ2v) is 7.32. The van der Waals surface area contributed by atoms with Crippen molar-refractivity contribution in [3.05, 3.63) is 24.8 Å². The van der Waals surface area contributed by atoms with Crippen molar-refractivity contribution in [2.75, 3.05) is 12.0 Å². The highest BCUT2D eigenvalue weighted by molar-refractivity contribution is 14.1. The number of amides is 1. The van der Waals surface area contributed by atoms with Gasteiger partial charge in [-0.1, -0.05) is 0 Å². The molecule has 0 bridgehead atoms. The van der Waals surface area contributed by atoms with Gasteiger partial charge in [-0.05, 0) is 75.7 Å². The number of carboxylic acids is 1. The normalized spacial score (nSPS) is 11.9. The van der Waals surface area contributed by atoms with Crippen LogP contribution in [0.25, 0.3) is 0 Å². The Morgan fingerprint density at radius 3 is 2.60 bits per heavy atom. The van der Waals surface area contributed by atoms with Gasteiger partial charge >= 0.3 is 5.97 Å². The Balaban J connectivity index is 2.92. The van der Waals surface area contributed by atoms with Gasteiger partial charge in [-0.3, -0.25) is 4.79 Å². The number of phenols is 1. The van der Waals surface area contributed by atoms with Crippen LogP contribution in [-0.4, -0.2) is 40.1 Å². The molecule has 0 aliphatic rings. The van der Waals surface area contributed by atoms with E-state index in [9.17, 15) is 14.7 Å². The monoisotopic (exact) mass is 521 g/mol. The molecule has 0 saturated carbocycles. The van der Waals surface area contributed by atoms with Gasteiger partial charge in [0.05, 0.1) is 9.13 Å². The molecule has 0 fully saturated rings. The lowest BCUT2D eigenvalue weighted by atomic mass is 10.1. The number of benzene rings is 1. The summed E-state index contributed by atoms with van der Waals surface area (Å²) < 4.78 is 1.35. The van der Waals surface area contributed by atoms with Crippen LogP contribution < -0.4 is 5.32 Å². The van der Waals surface area contributed by atoms with E-state index in [1.165, 1.54) is 17.8 Å². The van der Waals surface area contributed by atoms with Crippen LogP contribution in [0.1, 0.15) is 16.8 Å². The van der Waals surface area contributed by atoms with Gasteiger partial charge < -0.3 is 15.5 Å². The lowest BCUT2D eigenvalue weighted by Gasteiger charge is -2.15. The maximum absolute atomic E-state index is 12.1. The van der Waals surface area contributed by atoms with Gasteiger partial charge in [-0.25, -0.2) is 4.79 Å². The zero-order chi connectivity index (χ0) is 15.3. The van der Waals surface area contributed by atoms with E-state index < -0.39 is 17.9 Å². The fourth-order valence-corrected chi connectivity index (χ4v) is 3.78. The average Bonchev–Trinajstić information content (AvgIpc) is 2.38. The highest BCUT2D eigenvalue weighted by Gasteiger charge is 2.22. The zero-order valence-corrected chi connectivity index (χ0v) is 15.7. The first-order valence-corrected chi connectivity index (χ1v) is 9.12. The van der Waals surface area contributed by atoms with Gasteiger partial charge in [0.25, 0.3) is 5.91 Å². The summed E-state index contributed by atoms with van der Waals surface area (Å²) in [4.78, 5) is 23.2. The minimum Gasteiger partial charge on any atom is -0.506 e. The van der Waals surface area contributed by atoms with Crippen LogP contribution in [0.5, 0.6) is 5.75 Å². The predicted molar refractivity (Wildman–Crippen MR) is 95.4 cm³/mol. The molecule has 5 nitrogen and oxygen atoms in total. The van der Waals surface area contributed by atoms with Crippen molar-refractivity contribution >= 4 is 68.8 Å². The first-order chi connectivity index (χ1) is 9.36. The third kappa shape index (κ3) is 4.95. The number of phenolic OH excluding ortho intramolecular Hbond substituents is 1. The van der Waals surface area contributed by atoms with Crippen molar-refractivity contribution < 1.29 is 19.8 Å². The molecule has 0 aromatic heterocycles. The fourth-order valence-electron chi connectivity index (χ4n) is 1.47. The van der Waals surface area contributed by atoms with Crippen molar-refractivity contribution in [2.24, 2.45) is 0 Å². The van der Waals surface area contributed by atoms with Crippen molar-refractivity contribution in [3.8, 4) is 5.75 Å². The Labute approximate surface area is 148 Å². The molecule has 1 atom stereocenters. The molecule has 0 aliphatic heterocycles. The first kappa shape index (κ1) is 17.8. The number of carboxylic acid groups (broad SMARTS) is 1. The number of hydrogen-bond donors (Lipinski definition) is 3. The largest absolute Gasteiger partial charge is 0.506 e. The molecule has 1 amide bonds. The predicted octanol–water partition coefficient (Wildman–Crippen LogP) is 2.54. The smallest absolute Gasteiger partial charge is 0.326 e. The van der Waals surface area contributed by atoms with E-state index in [0.717, 1.165) is 3.57 Å². The molecule has 1 aromatic carbocycles. The summed E-state index contributed by atoms with van der Waals surface area (Å²) in [6, 6.07) is 2.31. The number of aliphatic carboxylic acids is 1. The number of nitrogens with one attached hydrogen (secondary N) is 1. The van der Waals surface area contributed by atoms with E-state index in [4.69, 9.17) is 5.11 Å². The maximum atomic E-state index is 12.1. The van der Waals surface area contributed by atoms with Crippen molar-refractivity contribution in [2.45, 2.75) is 12.5 Å². The number of thioether (sulfide) groups is 1.